The minimum atomic E-state index is -0.615. The molecule has 6 aliphatic rings. The minimum Gasteiger partial charge on any atom is -0.461 e. The van der Waals surface area contributed by atoms with Gasteiger partial charge in [-0.1, -0.05) is 24.6 Å². The van der Waals surface area contributed by atoms with E-state index in [0.717, 1.165) is 32.1 Å². The fraction of sp³-hybridized carbons (Fsp3) is 0.786. The molecular formula is C28H38O5. The van der Waals surface area contributed by atoms with Crippen molar-refractivity contribution in [2.24, 2.45) is 46.3 Å². The lowest BCUT2D eigenvalue weighted by molar-refractivity contribution is -0.240. The predicted molar refractivity (Wildman–Crippen MR) is 123 cm³/mol. The molecule has 2 heterocycles. The third-order valence-electron chi connectivity index (χ3n) is 11.4. The van der Waals surface area contributed by atoms with Gasteiger partial charge in [0.1, 0.15) is 12.0 Å². The van der Waals surface area contributed by atoms with E-state index >= 15 is 0 Å². The van der Waals surface area contributed by atoms with E-state index in [2.05, 4.69) is 19.9 Å². The standard InChI is InChI=1S/C28H38O5/c1-26-12-11-21-17(8-7-16-5-4-6-24(30)28(16,21)3)19(26)9-10-20(26)18-15-32-27(2)13-23(18)33-25(31)22(27)14-29/h4,6-7,17-23,29H,5,8-15H2,1-3H3/t17-,18+,19+,20+,21-,22-,23-,26-,27-,28-/m0/s1. The Balaban J connectivity index is 1.27. The quantitative estimate of drug-likeness (QED) is 0.499. The van der Waals surface area contributed by atoms with Gasteiger partial charge in [0, 0.05) is 12.3 Å². The number of fused-ring (bicyclic) bond motifs is 7. The summed E-state index contributed by atoms with van der Waals surface area (Å²) in [7, 11) is 0. The molecule has 180 valence electrons. The van der Waals surface area contributed by atoms with Crippen LogP contribution in [0.5, 0.6) is 0 Å². The third kappa shape index (κ3) is 2.84. The lowest BCUT2D eigenvalue weighted by Crippen LogP contribution is -2.61. The van der Waals surface area contributed by atoms with Crippen LogP contribution >= 0.6 is 0 Å². The van der Waals surface area contributed by atoms with Gasteiger partial charge in [0.15, 0.2) is 5.78 Å². The maximum Gasteiger partial charge on any atom is 0.314 e. The topological polar surface area (TPSA) is 72.8 Å². The average Bonchev–Trinajstić information content (AvgIpc) is 3.12. The Hall–Kier alpha value is -1.46. The molecule has 6 rings (SSSR count). The van der Waals surface area contributed by atoms with Gasteiger partial charge in [-0.15, -0.1) is 0 Å². The monoisotopic (exact) mass is 454 g/mol. The summed E-state index contributed by atoms with van der Waals surface area (Å²) in [5.41, 5.74) is 0.612. The van der Waals surface area contributed by atoms with Crippen molar-refractivity contribution < 1.29 is 24.2 Å². The summed E-state index contributed by atoms with van der Waals surface area (Å²) in [5.74, 6) is 1.71. The summed E-state index contributed by atoms with van der Waals surface area (Å²) in [5, 5.41) is 9.73. The van der Waals surface area contributed by atoms with E-state index in [0.29, 0.717) is 42.5 Å². The molecule has 4 aliphatic carbocycles. The Bertz CT molecular complexity index is 937. The first-order chi connectivity index (χ1) is 15.7. The van der Waals surface area contributed by atoms with E-state index in [1.54, 1.807) is 0 Å². The number of carbonyl (C=O) groups excluding carboxylic acids is 2. The van der Waals surface area contributed by atoms with Crippen LogP contribution in [-0.4, -0.2) is 41.8 Å². The first-order valence-corrected chi connectivity index (χ1v) is 13.1. The zero-order valence-electron chi connectivity index (χ0n) is 20.2. The number of esters is 1. The Morgan fingerprint density at radius 1 is 1.06 bits per heavy atom. The smallest absolute Gasteiger partial charge is 0.314 e. The van der Waals surface area contributed by atoms with Crippen molar-refractivity contribution in [3.05, 3.63) is 23.8 Å². The van der Waals surface area contributed by atoms with Gasteiger partial charge in [-0.3, -0.25) is 9.59 Å². The minimum absolute atomic E-state index is 0.113. The lowest BCUT2D eigenvalue weighted by Gasteiger charge is -2.58. The molecular weight excluding hydrogens is 416 g/mol. The molecule has 4 fully saturated rings. The fourth-order valence-electron chi connectivity index (χ4n) is 9.41. The number of ether oxygens (including phenoxy) is 2. The highest BCUT2D eigenvalue weighted by molar-refractivity contribution is 5.98. The zero-order valence-corrected chi connectivity index (χ0v) is 20.2. The van der Waals surface area contributed by atoms with Crippen LogP contribution in [0.15, 0.2) is 23.8 Å². The van der Waals surface area contributed by atoms with Gasteiger partial charge in [0.05, 0.1) is 24.2 Å². The van der Waals surface area contributed by atoms with E-state index in [4.69, 9.17) is 9.47 Å². The van der Waals surface area contributed by atoms with Gasteiger partial charge >= 0.3 is 5.97 Å². The molecule has 0 amide bonds. The van der Waals surface area contributed by atoms with Crippen molar-refractivity contribution in [1.82, 2.24) is 0 Å². The molecule has 0 aromatic carbocycles. The molecule has 0 unspecified atom stereocenters. The number of aliphatic hydroxyl groups excluding tert-OH is 1. The molecule has 0 radical (unpaired) electrons. The van der Waals surface area contributed by atoms with Gasteiger partial charge in [0.25, 0.3) is 0 Å². The number of rotatable bonds is 2. The molecule has 5 heteroatoms. The average molecular weight is 455 g/mol. The number of hydrogen-bond donors (Lipinski definition) is 1. The molecule has 2 saturated heterocycles. The van der Waals surface area contributed by atoms with Gasteiger partial charge in [-0.25, -0.2) is 0 Å². The maximum atomic E-state index is 13.1. The van der Waals surface area contributed by atoms with E-state index in [9.17, 15) is 14.7 Å². The van der Waals surface area contributed by atoms with Gasteiger partial charge in [-0.05, 0) is 87.5 Å². The van der Waals surface area contributed by atoms with Gasteiger partial charge in [0.2, 0.25) is 0 Å². The molecule has 10 atom stereocenters. The maximum absolute atomic E-state index is 13.1. The molecule has 0 aromatic rings. The number of aliphatic hydroxyl groups is 1. The highest BCUT2D eigenvalue weighted by Crippen LogP contribution is 2.67. The Morgan fingerprint density at radius 3 is 2.58 bits per heavy atom. The Morgan fingerprint density at radius 2 is 1.82 bits per heavy atom. The SMILES string of the molecule is C[C@]12C(=O)C=CCC1=CC[C@H]1[C@H]3CC[C@H]([C@H]4CO[C@@]5(C)C[C@@H]4OC(=O)[C@@H]5CO)[C@@]3(C)CC[C@@H]12. The van der Waals surface area contributed by atoms with E-state index in [1.165, 1.54) is 12.0 Å². The van der Waals surface area contributed by atoms with Crippen LogP contribution in [0.1, 0.15) is 65.7 Å². The van der Waals surface area contributed by atoms with Gasteiger partial charge in [-0.2, -0.15) is 0 Å². The number of hydrogen-bond acceptors (Lipinski definition) is 5. The van der Waals surface area contributed by atoms with Crippen molar-refractivity contribution in [1.29, 1.82) is 0 Å². The van der Waals surface area contributed by atoms with Crippen LogP contribution in [0, 0.1) is 46.3 Å². The highest BCUT2D eigenvalue weighted by atomic mass is 16.6. The second-order valence-electron chi connectivity index (χ2n) is 12.4. The molecule has 2 saturated carbocycles. The molecule has 33 heavy (non-hydrogen) atoms. The third-order valence-corrected chi connectivity index (χ3v) is 11.4. The number of carbonyl (C=O) groups is 2. The molecule has 0 aromatic heterocycles. The van der Waals surface area contributed by atoms with Crippen LogP contribution in [0.3, 0.4) is 0 Å². The molecule has 1 N–H and O–H groups in total. The summed E-state index contributed by atoms with van der Waals surface area (Å²) >= 11 is 0. The lowest BCUT2D eigenvalue weighted by atomic mass is 9.47. The second kappa shape index (κ2) is 7.27. The van der Waals surface area contributed by atoms with Crippen LogP contribution < -0.4 is 0 Å². The first-order valence-electron chi connectivity index (χ1n) is 13.1. The van der Waals surface area contributed by atoms with E-state index < -0.39 is 11.5 Å². The Kier molecular flexibility index (Phi) is 4.85. The second-order valence-corrected chi connectivity index (χ2v) is 12.4. The van der Waals surface area contributed by atoms with Crippen LogP contribution in [0.4, 0.5) is 0 Å². The zero-order chi connectivity index (χ0) is 23.2. The summed E-state index contributed by atoms with van der Waals surface area (Å²) in [6, 6.07) is 0. The molecule has 2 aliphatic heterocycles. The fourth-order valence-corrected chi connectivity index (χ4v) is 9.41. The summed E-state index contributed by atoms with van der Waals surface area (Å²) in [6.45, 7) is 7.04. The number of ketones is 1. The van der Waals surface area contributed by atoms with Crippen molar-refractivity contribution in [3.8, 4) is 0 Å². The van der Waals surface area contributed by atoms with Crippen molar-refractivity contribution >= 4 is 11.8 Å². The van der Waals surface area contributed by atoms with E-state index in [-0.39, 0.29) is 35.4 Å². The van der Waals surface area contributed by atoms with Crippen LogP contribution in [0.2, 0.25) is 0 Å². The number of allylic oxidation sites excluding steroid dienone is 4. The molecule has 0 spiro atoms. The summed E-state index contributed by atoms with van der Waals surface area (Å²) in [6.07, 6.45) is 13.4. The normalized spacial score (nSPS) is 53.0. The summed E-state index contributed by atoms with van der Waals surface area (Å²) < 4.78 is 12.3. The highest BCUT2D eigenvalue weighted by Gasteiger charge is 2.63. The predicted octanol–water partition coefficient (Wildman–Crippen LogP) is 4.24. The van der Waals surface area contributed by atoms with E-state index in [1.807, 2.05) is 19.1 Å². The molecule has 2 bridgehead atoms. The van der Waals surface area contributed by atoms with Crippen molar-refractivity contribution in [2.45, 2.75) is 77.4 Å². The van der Waals surface area contributed by atoms with Crippen molar-refractivity contribution in [3.63, 3.8) is 0 Å². The molecule has 5 nitrogen and oxygen atoms in total. The summed E-state index contributed by atoms with van der Waals surface area (Å²) in [4.78, 5) is 25.8. The Labute approximate surface area is 197 Å². The first kappa shape index (κ1) is 22.0. The van der Waals surface area contributed by atoms with Gasteiger partial charge < -0.3 is 14.6 Å². The van der Waals surface area contributed by atoms with Crippen molar-refractivity contribution in [2.75, 3.05) is 13.2 Å². The van der Waals surface area contributed by atoms with Crippen LogP contribution in [0.25, 0.3) is 0 Å². The van der Waals surface area contributed by atoms with Crippen LogP contribution in [-0.2, 0) is 19.1 Å². The largest absolute Gasteiger partial charge is 0.461 e.